The number of rotatable bonds is 7. The second kappa shape index (κ2) is 10.4. The first-order valence-electron chi connectivity index (χ1n) is 10.4. The molecule has 0 aliphatic carbocycles. The van der Waals surface area contributed by atoms with E-state index in [-0.39, 0.29) is 4.90 Å². The third-order valence-electron chi connectivity index (χ3n) is 5.49. The smallest absolute Gasteiger partial charge is 0.242 e. The van der Waals surface area contributed by atoms with E-state index in [1.54, 1.807) is 24.3 Å². The van der Waals surface area contributed by atoms with Crippen LogP contribution in [0.25, 0.3) is 0 Å². The second-order valence-corrected chi connectivity index (χ2v) is 10.4. The van der Waals surface area contributed by atoms with Crippen LogP contribution in [0.3, 0.4) is 0 Å². The van der Waals surface area contributed by atoms with Crippen LogP contribution in [0.5, 0.6) is 0 Å². The third kappa shape index (κ3) is 6.16. The molecule has 1 aliphatic rings. The molecule has 1 aliphatic heterocycles. The molecule has 9 heteroatoms. The van der Waals surface area contributed by atoms with Gasteiger partial charge in [-0.2, -0.15) is 0 Å². The summed E-state index contributed by atoms with van der Waals surface area (Å²) in [6, 6.07) is 17.5. The summed E-state index contributed by atoms with van der Waals surface area (Å²) in [4.78, 5) is 5.10. The maximum absolute atomic E-state index is 12.3. The number of benzene rings is 2. The summed E-state index contributed by atoms with van der Waals surface area (Å²) in [6.45, 7) is 6.92. The maximum atomic E-state index is 12.3. The number of sulfonamides is 1. The molecule has 0 bridgehead atoms. The lowest BCUT2D eigenvalue weighted by molar-refractivity contribution is 0.198. The highest BCUT2D eigenvalue weighted by atomic mass is 32.2. The van der Waals surface area contributed by atoms with Crippen LogP contribution in [0.2, 0.25) is 0 Å². The highest BCUT2D eigenvalue weighted by Crippen LogP contribution is 2.18. The van der Waals surface area contributed by atoms with Crippen molar-refractivity contribution in [2.24, 2.45) is 0 Å². The fraction of sp³-hybridized carbons (Fsp3) is 0.409. The number of thiocarbonyl (C=S) groups is 1. The Balaban J connectivity index is 1.47. The van der Waals surface area contributed by atoms with Gasteiger partial charge in [-0.15, -0.1) is 0 Å². The van der Waals surface area contributed by atoms with Gasteiger partial charge in [0, 0.05) is 64.2 Å². The quantitative estimate of drug-likeness (QED) is 0.614. The molecule has 0 unspecified atom stereocenters. The molecule has 2 N–H and O–H groups in total. The number of para-hydroxylation sites is 1. The van der Waals surface area contributed by atoms with Gasteiger partial charge in [-0.25, -0.2) is 12.7 Å². The van der Waals surface area contributed by atoms with Gasteiger partial charge in [-0.1, -0.05) is 24.3 Å². The monoisotopic (exact) mass is 461 g/mol. The van der Waals surface area contributed by atoms with Crippen molar-refractivity contribution in [1.82, 2.24) is 14.5 Å². The molecule has 0 amide bonds. The van der Waals surface area contributed by atoms with Gasteiger partial charge in [0.05, 0.1) is 4.90 Å². The molecule has 0 radical (unpaired) electrons. The zero-order valence-corrected chi connectivity index (χ0v) is 19.9. The Bertz CT molecular complexity index is 974. The molecule has 7 nitrogen and oxygen atoms in total. The van der Waals surface area contributed by atoms with Gasteiger partial charge in [-0.05, 0) is 49.5 Å². The van der Waals surface area contributed by atoms with Crippen LogP contribution < -0.4 is 15.5 Å². The van der Waals surface area contributed by atoms with E-state index < -0.39 is 10.0 Å². The van der Waals surface area contributed by atoms with Gasteiger partial charge in [0.2, 0.25) is 10.0 Å². The van der Waals surface area contributed by atoms with Crippen LogP contribution in [0.4, 0.5) is 11.4 Å². The SMILES string of the molecule is C[C@@H](CNC(=S)Nc1cccc(S(=O)(=O)N(C)C)c1)N1CCN(c2ccccc2)CC1. The molecule has 2 aromatic carbocycles. The first-order chi connectivity index (χ1) is 14.8. The molecule has 1 saturated heterocycles. The van der Waals surface area contributed by atoms with Crippen molar-refractivity contribution in [1.29, 1.82) is 0 Å². The molecule has 1 heterocycles. The summed E-state index contributed by atoms with van der Waals surface area (Å²) in [7, 11) is -0.448. The van der Waals surface area contributed by atoms with Crippen molar-refractivity contribution in [3.63, 3.8) is 0 Å². The molecular weight excluding hydrogens is 430 g/mol. The van der Waals surface area contributed by atoms with Gasteiger partial charge < -0.3 is 15.5 Å². The predicted molar refractivity (Wildman–Crippen MR) is 131 cm³/mol. The Morgan fingerprint density at radius 2 is 1.74 bits per heavy atom. The number of nitrogens with zero attached hydrogens (tertiary/aromatic N) is 3. The van der Waals surface area contributed by atoms with E-state index in [1.807, 2.05) is 6.07 Å². The van der Waals surface area contributed by atoms with Crippen LogP contribution in [-0.2, 0) is 10.0 Å². The van der Waals surface area contributed by atoms with Crippen LogP contribution in [0.15, 0.2) is 59.5 Å². The number of hydrogen-bond donors (Lipinski definition) is 2. The highest BCUT2D eigenvalue weighted by molar-refractivity contribution is 7.89. The third-order valence-corrected chi connectivity index (χ3v) is 7.54. The van der Waals surface area contributed by atoms with E-state index in [0.29, 0.717) is 23.4 Å². The highest BCUT2D eigenvalue weighted by Gasteiger charge is 2.21. The number of piperazine rings is 1. The first-order valence-corrected chi connectivity index (χ1v) is 12.2. The van der Waals surface area contributed by atoms with Gasteiger partial charge in [0.25, 0.3) is 0 Å². The Hall–Kier alpha value is -2.20. The summed E-state index contributed by atoms with van der Waals surface area (Å²) in [5, 5.41) is 6.83. The Morgan fingerprint density at radius 3 is 2.39 bits per heavy atom. The van der Waals surface area contributed by atoms with E-state index in [9.17, 15) is 8.42 Å². The minimum atomic E-state index is -3.48. The molecule has 0 aromatic heterocycles. The van der Waals surface area contributed by atoms with Gasteiger partial charge in [0.1, 0.15) is 0 Å². The van der Waals surface area contributed by atoms with E-state index >= 15 is 0 Å². The lowest BCUT2D eigenvalue weighted by Crippen LogP contribution is -2.52. The number of nitrogens with one attached hydrogen (secondary N) is 2. The topological polar surface area (TPSA) is 67.9 Å². The zero-order chi connectivity index (χ0) is 22.4. The standard InChI is InChI=1S/C22H31N5O2S2/c1-18(26-12-14-27(15-13-26)20-9-5-4-6-10-20)17-23-22(30)24-19-8-7-11-21(16-19)31(28,29)25(2)3/h4-11,16,18H,12-15,17H2,1-3H3,(H2,23,24,30)/t18-/m0/s1. The van der Waals surface area contributed by atoms with Crippen LogP contribution in [-0.4, -0.2) is 75.6 Å². The van der Waals surface area contributed by atoms with E-state index in [1.165, 1.54) is 24.1 Å². The first kappa shape index (κ1) is 23.5. The second-order valence-electron chi connectivity index (χ2n) is 7.86. The average molecular weight is 462 g/mol. The van der Waals surface area contributed by atoms with Gasteiger partial charge in [-0.3, -0.25) is 4.90 Å². The molecular formula is C22H31N5O2S2. The predicted octanol–water partition coefficient (Wildman–Crippen LogP) is 2.43. The minimum absolute atomic E-state index is 0.231. The van der Waals surface area contributed by atoms with Crippen LogP contribution in [0, 0.1) is 0 Å². The van der Waals surface area contributed by atoms with Gasteiger partial charge >= 0.3 is 0 Å². The Kier molecular flexibility index (Phi) is 7.88. The molecule has 31 heavy (non-hydrogen) atoms. The molecule has 168 valence electrons. The fourth-order valence-electron chi connectivity index (χ4n) is 3.55. The molecule has 1 fully saturated rings. The van der Waals surface area contributed by atoms with Crippen LogP contribution >= 0.6 is 12.2 Å². The molecule has 1 atom stereocenters. The zero-order valence-electron chi connectivity index (χ0n) is 18.3. The van der Waals surface area contributed by atoms with E-state index in [2.05, 4.69) is 51.6 Å². The van der Waals surface area contributed by atoms with Crippen molar-refractivity contribution in [2.75, 3.05) is 57.0 Å². The van der Waals surface area contributed by atoms with E-state index in [0.717, 1.165) is 26.2 Å². The molecule has 0 spiro atoms. The molecule has 3 rings (SSSR count). The van der Waals surface area contributed by atoms with Crippen molar-refractivity contribution in [3.8, 4) is 0 Å². The maximum Gasteiger partial charge on any atom is 0.242 e. The summed E-state index contributed by atoms with van der Waals surface area (Å²) in [5.41, 5.74) is 1.92. The Morgan fingerprint density at radius 1 is 1.06 bits per heavy atom. The van der Waals surface area contributed by atoms with Crippen molar-refractivity contribution in [2.45, 2.75) is 17.9 Å². The van der Waals surface area contributed by atoms with E-state index in [4.69, 9.17) is 12.2 Å². The summed E-state index contributed by atoms with van der Waals surface area (Å²) < 4.78 is 25.8. The number of hydrogen-bond acceptors (Lipinski definition) is 5. The average Bonchev–Trinajstić information content (AvgIpc) is 2.78. The summed E-state index contributed by atoms with van der Waals surface area (Å²) in [5.74, 6) is 0. The van der Waals surface area contributed by atoms with Gasteiger partial charge in [0.15, 0.2) is 5.11 Å². The molecule has 0 saturated carbocycles. The lowest BCUT2D eigenvalue weighted by Gasteiger charge is -2.39. The van der Waals surface area contributed by atoms with Crippen molar-refractivity contribution in [3.05, 3.63) is 54.6 Å². The minimum Gasteiger partial charge on any atom is -0.369 e. The Labute approximate surface area is 191 Å². The summed E-state index contributed by atoms with van der Waals surface area (Å²) >= 11 is 5.42. The summed E-state index contributed by atoms with van der Waals surface area (Å²) in [6.07, 6.45) is 0. The molecule has 2 aromatic rings. The van der Waals surface area contributed by atoms with Crippen molar-refractivity contribution >= 4 is 38.7 Å². The fourth-order valence-corrected chi connectivity index (χ4v) is 4.70. The van der Waals surface area contributed by atoms with Crippen LogP contribution in [0.1, 0.15) is 6.92 Å². The largest absolute Gasteiger partial charge is 0.369 e. The van der Waals surface area contributed by atoms with Crippen molar-refractivity contribution < 1.29 is 8.42 Å². The lowest BCUT2D eigenvalue weighted by atomic mass is 10.2. The number of anilines is 2. The normalized spacial score (nSPS) is 16.2.